The quantitative estimate of drug-likeness (QED) is 0.525. The van der Waals surface area contributed by atoms with Crippen molar-refractivity contribution in [2.75, 3.05) is 12.4 Å². The van der Waals surface area contributed by atoms with Crippen LogP contribution in [0.25, 0.3) is 11.0 Å². The summed E-state index contributed by atoms with van der Waals surface area (Å²) < 4.78 is 0. The lowest BCUT2D eigenvalue weighted by Gasteiger charge is -2.08. The number of hydrogen-bond acceptors (Lipinski definition) is 3. The Labute approximate surface area is 129 Å². The number of halogens is 1. The molecule has 0 aliphatic rings. The van der Waals surface area contributed by atoms with Gasteiger partial charge < -0.3 is 28.0 Å². The van der Waals surface area contributed by atoms with Gasteiger partial charge >= 0.3 is 0 Å². The number of fused-ring (bicyclic) bond motifs is 1. The molecule has 6 heteroatoms. The highest BCUT2D eigenvalue weighted by Crippen LogP contribution is 2.19. The van der Waals surface area contributed by atoms with Crippen molar-refractivity contribution < 1.29 is 17.7 Å². The normalized spacial score (nSPS) is 10.4. The summed E-state index contributed by atoms with van der Waals surface area (Å²) in [7, 11) is 2.05. The Morgan fingerprint density at radius 2 is 2.10 bits per heavy atom. The largest absolute Gasteiger partial charge is 1.00 e. The van der Waals surface area contributed by atoms with Gasteiger partial charge in [0.05, 0.1) is 12.4 Å². The van der Waals surface area contributed by atoms with E-state index in [1.165, 1.54) is 11.3 Å². The molecular weight excluding hydrogens is 286 g/mol. The Morgan fingerprint density at radius 3 is 2.90 bits per heavy atom. The van der Waals surface area contributed by atoms with E-state index in [0.717, 1.165) is 29.2 Å². The van der Waals surface area contributed by atoms with Crippen molar-refractivity contribution in [3.8, 4) is 0 Å². The number of anilines is 1. The average Bonchev–Trinajstić information content (AvgIpc) is 2.93. The van der Waals surface area contributed by atoms with Gasteiger partial charge in [-0.15, -0.1) is 0 Å². The zero-order valence-electron chi connectivity index (χ0n) is 12.0. The molecule has 5 nitrogen and oxygen atoms in total. The molecule has 3 rings (SSSR count). The predicted octanol–water partition coefficient (Wildman–Crippen LogP) is -1.29. The number of rotatable bonds is 4. The first kappa shape index (κ1) is 15.3. The Morgan fingerprint density at radius 1 is 1.24 bits per heavy atom. The Balaban J connectivity index is 0.00000161. The number of aromatic nitrogens is 3. The molecule has 0 amide bonds. The lowest BCUT2D eigenvalue weighted by atomic mass is 10.2. The first-order valence-corrected chi connectivity index (χ1v) is 6.70. The molecule has 2 aromatic heterocycles. The third-order valence-corrected chi connectivity index (χ3v) is 3.27. The van der Waals surface area contributed by atoms with E-state index in [2.05, 4.69) is 49.9 Å². The molecule has 0 saturated carbocycles. The van der Waals surface area contributed by atoms with E-state index in [1.807, 2.05) is 26.2 Å². The van der Waals surface area contributed by atoms with Crippen LogP contribution >= 0.6 is 0 Å². The van der Waals surface area contributed by atoms with Gasteiger partial charge in [-0.05, 0) is 24.6 Å². The number of aromatic amines is 1. The maximum atomic E-state index is 4.48. The summed E-state index contributed by atoms with van der Waals surface area (Å²) >= 11 is 0. The van der Waals surface area contributed by atoms with Crippen molar-refractivity contribution in [1.82, 2.24) is 15.0 Å². The first-order valence-electron chi connectivity index (χ1n) is 6.70. The molecule has 21 heavy (non-hydrogen) atoms. The lowest BCUT2D eigenvalue weighted by Crippen LogP contribution is -3.00. The number of aryl methyl sites for hydroxylation is 1. The number of nitrogens with two attached hydrogens (primary N) is 1. The number of quaternary nitrogens is 1. The van der Waals surface area contributed by atoms with Crippen LogP contribution in [0, 0.1) is 6.92 Å². The predicted molar refractivity (Wildman–Crippen MR) is 79.9 cm³/mol. The smallest absolute Gasteiger partial charge is 0.143 e. The van der Waals surface area contributed by atoms with E-state index >= 15 is 0 Å². The number of benzene rings is 1. The molecule has 3 aromatic rings. The zero-order valence-corrected chi connectivity index (χ0v) is 12.8. The van der Waals surface area contributed by atoms with Gasteiger partial charge in [0.2, 0.25) is 0 Å². The number of hydrogen-bond donors (Lipinski definition) is 3. The van der Waals surface area contributed by atoms with Crippen LogP contribution < -0.4 is 23.0 Å². The molecule has 0 atom stereocenters. The van der Waals surface area contributed by atoms with Crippen molar-refractivity contribution in [2.45, 2.75) is 13.5 Å². The molecule has 0 saturated heterocycles. The molecule has 2 heterocycles. The zero-order chi connectivity index (χ0) is 13.9. The van der Waals surface area contributed by atoms with Gasteiger partial charge in [-0.2, -0.15) is 0 Å². The van der Waals surface area contributed by atoms with Gasteiger partial charge in [0.1, 0.15) is 23.0 Å². The number of nitrogens with one attached hydrogen (secondary N) is 2. The highest BCUT2D eigenvalue weighted by atomic mass is 35.5. The maximum absolute atomic E-state index is 4.48. The summed E-state index contributed by atoms with van der Waals surface area (Å²) in [5.41, 5.74) is 3.34. The topological polar surface area (TPSA) is 70.2 Å². The van der Waals surface area contributed by atoms with Crippen LogP contribution in [-0.2, 0) is 6.54 Å². The maximum Gasteiger partial charge on any atom is 0.143 e. The van der Waals surface area contributed by atoms with E-state index in [4.69, 9.17) is 0 Å². The fourth-order valence-corrected chi connectivity index (χ4v) is 2.26. The Hall–Kier alpha value is -2.11. The van der Waals surface area contributed by atoms with E-state index in [1.54, 1.807) is 0 Å². The Bertz CT molecular complexity index is 738. The van der Waals surface area contributed by atoms with E-state index in [-0.39, 0.29) is 12.4 Å². The summed E-state index contributed by atoms with van der Waals surface area (Å²) in [4.78, 5) is 12.0. The van der Waals surface area contributed by atoms with E-state index < -0.39 is 0 Å². The van der Waals surface area contributed by atoms with Crippen molar-refractivity contribution in [1.29, 1.82) is 0 Å². The summed E-state index contributed by atoms with van der Waals surface area (Å²) in [6.45, 7) is 2.65. The van der Waals surface area contributed by atoms with Crippen LogP contribution in [0.3, 0.4) is 0 Å². The number of H-pyrrole nitrogens is 1. The minimum absolute atomic E-state index is 0. The minimum atomic E-state index is 0. The molecule has 1 aromatic carbocycles. The monoisotopic (exact) mass is 303 g/mol. The highest BCUT2D eigenvalue weighted by Gasteiger charge is 2.06. The highest BCUT2D eigenvalue weighted by molar-refractivity contribution is 5.86. The second-order valence-corrected chi connectivity index (χ2v) is 4.75. The van der Waals surface area contributed by atoms with Crippen LogP contribution in [-0.4, -0.2) is 22.0 Å². The molecule has 0 spiro atoms. The van der Waals surface area contributed by atoms with Gasteiger partial charge in [-0.1, -0.05) is 12.1 Å². The molecule has 0 aliphatic heterocycles. The molecule has 110 valence electrons. The van der Waals surface area contributed by atoms with E-state index in [0.29, 0.717) is 0 Å². The molecule has 0 fully saturated rings. The van der Waals surface area contributed by atoms with Crippen LogP contribution in [0.2, 0.25) is 0 Å². The molecule has 4 N–H and O–H groups in total. The minimum Gasteiger partial charge on any atom is -1.00 e. The van der Waals surface area contributed by atoms with Crippen LogP contribution in [0.15, 0.2) is 36.5 Å². The van der Waals surface area contributed by atoms with Crippen molar-refractivity contribution in [3.63, 3.8) is 0 Å². The molecule has 0 radical (unpaired) electrons. The van der Waals surface area contributed by atoms with Crippen molar-refractivity contribution in [3.05, 3.63) is 47.9 Å². The second kappa shape index (κ2) is 6.56. The summed E-state index contributed by atoms with van der Waals surface area (Å²) in [5, 5.41) is 6.52. The SMILES string of the molecule is C[NH2+]c1cccc(CNc2nc(C)nc3[nH]ccc23)c1.[Cl-]. The van der Waals surface area contributed by atoms with E-state index in [9.17, 15) is 0 Å². The van der Waals surface area contributed by atoms with Crippen LogP contribution in [0.5, 0.6) is 0 Å². The molecule has 0 aliphatic carbocycles. The fourth-order valence-electron chi connectivity index (χ4n) is 2.26. The van der Waals surface area contributed by atoms with Crippen LogP contribution in [0.1, 0.15) is 11.4 Å². The summed E-state index contributed by atoms with van der Waals surface area (Å²) in [6, 6.07) is 10.5. The average molecular weight is 304 g/mol. The standard InChI is InChI=1S/C15H17N5.ClH/c1-10-19-14-13(6-7-17-14)15(20-10)18-9-11-4-3-5-12(8-11)16-2;/h3-8,16H,9H2,1-2H3,(H2,17,18,19,20);1H. The Kier molecular flexibility index (Phi) is 4.77. The van der Waals surface area contributed by atoms with Gasteiger partial charge in [-0.3, -0.25) is 0 Å². The van der Waals surface area contributed by atoms with Crippen molar-refractivity contribution >= 4 is 22.5 Å². The van der Waals surface area contributed by atoms with Crippen molar-refractivity contribution in [2.24, 2.45) is 0 Å². The summed E-state index contributed by atoms with van der Waals surface area (Å²) in [5.74, 6) is 1.64. The third-order valence-electron chi connectivity index (χ3n) is 3.27. The molecular formula is C15H18ClN5. The number of nitrogens with zero attached hydrogens (tertiary/aromatic N) is 2. The summed E-state index contributed by atoms with van der Waals surface area (Å²) in [6.07, 6.45) is 1.89. The van der Waals surface area contributed by atoms with Gasteiger partial charge in [0.25, 0.3) is 0 Å². The first-order chi connectivity index (χ1) is 9.76. The van der Waals surface area contributed by atoms with Gasteiger partial charge in [0.15, 0.2) is 0 Å². The van der Waals surface area contributed by atoms with Crippen LogP contribution in [0.4, 0.5) is 11.5 Å². The molecule has 0 bridgehead atoms. The fraction of sp³-hybridized carbons (Fsp3) is 0.200. The van der Waals surface area contributed by atoms with Gasteiger partial charge in [0, 0.05) is 18.8 Å². The lowest BCUT2D eigenvalue weighted by molar-refractivity contribution is -0.539. The second-order valence-electron chi connectivity index (χ2n) is 4.75. The van der Waals surface area contributed by atoms with Gasteiger partial charge in [-0.25, -0.2) is 9.97 Å². The molecule has 0 unspecified atom stereocenters. The third kappa shape index (κ3) is 3.32.